The molecule has 1 N–H and O–H groups in total. The third-order valence-corrected chi connectivity index (χ3v) is 5.12. The average Bonchev–Trinajstić information content (AvgIpc) is 3.05. The fourth-order valence-corrected chi connectivity index (χ4v) is 4.01. The molecule has 1 atom stereocenters. The Morgan fingerprint density at radius 3 is 2.75 bits per heavy atom. The van der Waals surface area contributed by atoms with E-state index in [2.05, 4.69) is 57.6 Å². The molecule has 2 aromatic rings. The van der Waals surface area contributed by atoms with Crippen LogP contribution in [0.1, 0.15) is 41.1 Å². The van der Waals surface area contributed by atoms with Gasteiger partial charge >= 0.3 is 0 Å². The Bertz CT molecular complexity index is 662. The zero-order valence-electron chi connectivity index (χ0n) is 11.5. The maximum Gasteiger partial charge on any atom is 0.0519 e. The molecule has 1 nitrogen and oxygen atoms in total. The van der Waals surface area contributed by atoms with E-state index in [1.54, 1.807) is 11.1 Å². The van der Waals surface area contributed by atoms with Gasteiger partial charge in [0, 0.05) is 10.2 Å². The molecule has 0 saturated carbocycles. The van der Waals surface area contributed by atoms with E-state index >= 15 is 0 Å². The third-order valence-electron chi connectivity index (χ3n) is 4.62. The van der Waals surface area contributed by atoms with Gasteiger partial charge in [-0.05, 0) is 78.6 Å². The first-order valence-corrected chi connectivity index (χ1v) is 8.25. The van der Waals surface area contributed by atoms with Crippen molar-refractivity contribution in [1.29, 1.82) is 0 Å². The second-order valence-electron chi connectivity index (χ2n) is 5.92. The SMILES string of the molecule is Brc1ccc2c(c1)CCC2Nc1ccc2c(c1)CCC2. The molecule has 0 heterocycles. The monoisotopic (exact) mass is 327 g/mol. The molecule has 2 aromatic carbocycles. The summed E-state index contributed by atoms with van der Waals surface area (Å²) >= 11 is 3.57. The van der Waals surface area contributed by atoms with Crippen LogP contribution in [-0.2, 0) is 19.3 Å². The molecule has 2 heteroatoms. The van der Waals surface area contributed by atoms with Crippen LogP contribution in [0.2, 0.25) is 0 Å². The highest BCUT2D eigenvalue weighted by molar-refractivity contribution is 9.10. The predicted octanol–water partition coefficient (Wildman–Crippen LogP) is 5.04. The van der Waals surface area contributed by atoms with Gasteiger partial charge in [0.25, 0.3) is 0 Å². The van der Waals surface area contributed by atoms with Crippen molar-refractivity contribution in [2.45, 2.75) is 38.1 Å². The summed E-state index contributed by atoms with van der Waals surface area (Å²) in [5, 5.41) is 3.73. The summed E-state index contributed by atoms with van der Waals surface area (Å²) in [4.78, 5) is 0. The van der Waals surface area contributed by atoms with Crippen molar-refractivity contribution in [2.75, 3.05) is 5.32 Å². The van der Waals surface area contributed by atoms with Crippen LogP contribution in [0.25, 0.3) is 0 Å². The molecule has 0 saturated heterocycles. The van der Waals surface area contributed by atoms with Crippen LogP contribution in [0.3, 0.4) is 0 Å². The Morgan fingerprint density at radius 1 is 0.900 bits per heavy atom. The summed E-state index contributed by atoms with van der Waals surface area (Å²) in [5.41, 5.74) is 7.33. The summed E-state index contributed by atoms with van der Waals surface area (Å²) in [6, 6.07) is 14.1. The molecule has 2 aliphatic rings. The number of aryl methyl sites for hydroxylation is 3. The Hall–Kier alpha value is -1.28. The summed E-state index contributed by atoms with van der Waals surface area (Å²) in [6.07, 6.45) is 6.20. The van der Waals surface area contributed by atoms with Crippen molar-refractivity contribution in [3.8, 4) is 0 Å². The van der Waals surface area contributed by atoms with Gasteiger partial charge < -0.3 is 5.32 Å². The topological polar surface area (TPSA) is 12.0 Å². The molecule has 2 aliphatic carbocycles. The number of fused-ring (bicyclic) bond motifs is 2. The highest BCUT2D eigenvalue weighted by atomic mass is 79.9. The standard InChI is InChI=1S/C18H18BrN/c19-15-6-8-17-14(10-15)5-9-18(17)20-16-7-4-12-2-1-3-13(12)11-16/h4,6-8,10-11,18,20H,1-3,5,9H2. The van der Waals surface area contributed by atoms with Crippen molar-refractivity contribution >= 4 is 21.6 Å². The van der Waals surface area contributed by atoms with Gasteiger partial charge in [-0.25, -0.2) is 0 Å². The highest BCUT2D eigenvalue weighted by Crippen LogP contribution is 2.36. The molecule has 102 valence electrons. The van der Waals surface area contributed by atoms with Crippen LogP contribution in [0.4, 0.5) is 5.69 Å². The molecule has 0 radical (unpaired) electrons. The summed E-state index contributed by atoms with van der Waals surface area (Å²) in [6.45, 7) is 0. The molecule has 1 unspecified atom stereocenters. The molecule has 0 spiro atoms. The first-order chi connectivity index (χ1) is 9.79. The smallest absolute Gasteiger partial charge is 0.0519 e. The molecule has 4 rings (SSSR count). The van der Waals surface area contributed by atoms with E-state index in [1.807, 2.05) is 0 Å². The number of hydrogen-bond donors (Lipinski definition) is 1. The Kier molecular flexibility index (Phi) is 3.07. The van der Waals surface area contributed by atoms with Crippen LogP contribution in [0, 0.1) is 0 Å². The van der Waals surface area contributed by atoms with Gasteiger partial charge in [0.15, 0.2) is 0 Å². The van der Waals surface area contributed by atoms with Crippen molar-refractivity contribution < 1.29 is 0 Å². The van der Waals surface area contributed by atoms with E-state index in [0.717, 1.165) is 0 Å². The van der Waals surface area contributed by atoms with Gasteiger partial charge in [-0.1, -0.05) is 28.1 Å². The van der Waals surface area contributed by atoms with Gasteiger partial charge in [0.2, 0.25) is 0 Å². The second-order valence-corrected chi connectivity index (χ2v) is 6.83. The lowest BCUT2D eigenvalue weighted by atomic mass is 10.1. The number of halogens is 1. The summed E-state index contributed by atoms with van der Waals surface area (Å²) in [5.74, 6) is 0. The number of nitrogens with one attached hydrogen (secondary N) is 1. The van der Waals surface area contributed by atoms with Crippen molar-refractivity contribution in [3.63, 3.8) is 0 Å². The molecular formula is C18H18BrN. The maximum absolute atomic E-state index is 3.73. The summed E-state index contributed by atoms with van der Waals surface area (Å²) in [7, 11) is 0. The fraction of sp³-hybridized carbons (Fsp3) is 0.333. The predicted molar refractivity (Wildman–Crippen MR) is 87.3 cm³/mol. The van der Waals surface area contributed by atoms with Crippen molar-refractivity contribution in [2.24, 2.45) is 0 Å². The molecule has 0 fully saturated rings. The van der Waals surface area contributed by atoms with E-state index < -0.39 is 0 Å². The zero-order valence-corrected chi connectivity index (χ0v) is 13.0. The highest BCUT2D eigenvalue weighted by Gasteiger charge is 2.22. The summed E-state index contributed by atoms with van der Waals surface area (Å²) < 4.78 is 1.19. The first kappa shape index (κ1) is 12.5. The van der Waals surface area contributed by atoms with E-state index in [9.17, 15) is 0 Å². The van der Waals surface area contributed by atoms with Gasteiger partial charge in [-0.15, -0.1) is 0 Å². The van der Waals surface area contributed by atoms with E-state index in [-0.39, 0.29) is 0 Å². The average molecular weight is 328 g/mol. The Labute approximate surface area is 128 Å². The van der Waals surface area contributed by atoms with E-state index in [1.165, 1.54) is 53.4 Å². The minimum Gasteiger partial charge on any atom is -0.378 e. The molecule has 0 bridgehead atoms. The van der Waals surface area contributed by atoms with Gasteiger partial charge in [0.1, 0.15) is 0 Å². The third kappa shape index (κ3) is 2.16. The maximum atomic E-state index is 3.73. The Balaban J connectivity index is 1.59. The van der Waals surface area contributed by atoms with E-state index in [0.29, 0.717) is 6.04 Å². The van der Waals surface area contributed by atoms with E-state index in [4.69, 9.17) is 0 Å². The minimum absolute atomic E-state index is 0.470. The number of anilines is 1. The van der Waals surface area contributed by atoms with Crippen LogP contribution in [0.5, 0.6) is 0 Å². The van der Waals surface area contributed by atoms with Crippen LogP contribution >= 0.6 is 15.9 Å². The van der Waals surface area contributed by atoms with Crippen molar-refractivity contribution in [3.05, 3.63) is 63.1 Å². The zero-order chi connectivity index (χ0) is 13.5. The number of rotatable bonds is 2. The molecule has 0 aliphatic heterocycles. The number of benzene rings is 2. The normalized spacial score (nSPS) is 19.8. The van der Waals surface area contributed by atoms with Crippen LogP contribution in [-0.4, -0.2) is 0 Å². The lowest BCUT2D eigenvalue weighted by Gasteiger charge is -2.16. The molecule has 0 aromatic heterocycles. The van der Waals surface area contributed by atoms with Gasteiger partial charge in [-0.2, -0.15) is 0 Å². The van der Waals surface area contributed by atoms with Crippen molar-refractivity contribution in [1.82, 2.24) is 0 Å². The Morgan fingerprint density at radius 2 is 1.80 bits per heavy atom. The first-order valence-electron chi connectivity index (χ1n) is 7.46. The molecular weight excluding hydrogens is 310 g/mol. The van der Waals surface area contributed by atoms with Crippen LogP contribution < -0.4 is 5.32 Å². The lowest BCUT2D eigenvalue weighted by molar-refractivity contribution is 0.762. The molecule has 20 heavy (non-hydrogen) atoms. The lowest BCUT2D eigenvalue weighted by Crippen LogP contribution is -2.07. The van der Waals surface area contributed by atoms with Crippen LogP contribution in [0.15, 0.2) is 40.9 Å². The number of hydrogen-bond acceptors (Lipinski definition) is 1. The quantitative estimate of drug-likeness (QED) is 0.815. The fourth-order valence-electron chi connectivity index (χ4n) is 3.60. The largest absolute Gasteiger partial charge is 0.378 e. The second kappa shape index (κ2) is 4.92. The molecule has 0 amide bonds. The minimum atomic E-state index is 0.470. The van der Waals surface area contributed by atoms with Gasteiger partial charge in [0.05, 0.1) is 6.04 Å². The van der Waals surface area contributed by atoms with Gasteiger partial charge in [-0.3, -0.25) is 0 Å².